The molecule has 2 amide bonds. The maximum absolute atomic E-state index is 12.8. The molecule has 31 heavy (non-hydrogen) atoms. The van der Waals surface area contributed by atoms with Crippen LogP contribution in [0.4, 0.5) is 11.4 Å². The van der Waals surface area contributed by atoms with E-state index in [2.05, 4.69) is 17.6 Å². The summed E-state index contributed by atoms with van der Waals surface area (Å²) in [4.78, 5) is 25.4. The number of benzene rings is 3. The Hall–Kier alpha value is -3.80. The van der Waals surface area contributed by atoms with Gasteiger partial charge in [0.15, 0.2) is 0 Å². The van der Waals surface area contributed by atoms with Gasteiger partial charge >= 0.3 is 0 Å². The van der Waals surface area contributed by atoms with Gasteiger partial charge in [0.1, 0.15) is 17.6 Å². The summed E-state index contributed by atoms with van der Waals surface area (Å²) in [6, 6.07) is 19.6. The van der Waals surface area contributed by atoms with Gasteiger partial charge in [-0.25, -0.2) is 0 Å². The zero-order chi connectivity index (χ0) is 22.0. The van der Waals surface area contributed by atoms with E-state index < -0.39 is 0 Å². The molecule has 6 nitrogen and oxygen atoms in total. The Kier molecular flexibility index (Phi) is 5.62. The van der Waals surface area contributed by atoms with Gasteiger partial charge in [0.25, 0.3) is 11.8 Å². The minimum atomic E-state index is -0.264. The van der Waals surface area contributed by atoms with Gasteiger partial charge in [0.2, 0.25) is 0 Å². The van der Waals surface area contributed by atoms with Gasteiger partial charge in [0, 0.05) is 22.7 Å². The fourth-order valence-electron chi connectivity index (χ4n) is 3.61. The normalized spacial score (nSPS) is 16.7. The van der Waals surface area contributed by atoms with Gasteiger partial charge in [-0.15, -0.1) is 0 Å². The molecule has 1 heterocycles. The summed E-state index contributed by atoms with van der Waals surface area (Å²) >= 11 is 0. The van der Waals surface area contributed by atoms with Crippen LogP contribution in [0.3, 0.4) is 0 Å². The molecule has 4 rings (SSSR count). The molecular formula is C25H24N2O4. The smallest absolute Gasteiger partial charge is 0.259 e. The molecule has 3 aromatic carbocycles. The highest BCUT2D eigenvalue weighted by molar-refractivity contribution is 6.08. The maximum Gasteiger partial charge on any atom is 0.259 e. The van der Waals surface area contributed by atoms with Crippen LogP contribution in [0.2, 0.25) is 0 Å². The van der Waals surface area contributed by atoms with Gasteiger partial charge < -0.3 is 20.1 Å². The van der Waals surface area contributed by atoms with E-state index in [0.717, 1.165) is 5.56 Å². The Bertz CT molecular complexity index is 1120. The summed E-state index contributed by atoms with van der Waals surface area (Å²) in [6.45, 7) is 4.09. The number of hydrogen-bond donors (Lipinski definition) is 2. The van der Waals surface area contributed by atoms with Crippen molar-refractivity contribution in [2.24, 2.45) is 0 Å². The van der Waals surface area contributed by atoms with Gasteiger partial charge in [-0.3, -0.25) is 9.59 Å². The van der Waals surface area contributed by atoms with E-state index >= 15 is 0 Å². The molecule has 2 unspecified atom stereocenters. The fraction of sp³-hybridized carbons (Fsp3) is 0.200. The van der Waals surface area contributed by atoms with Gasteiger partial charge in [-0.1, -0.05) is 31.2 Å². The lowest BCUT2D eigenvalue weighted by Crippen LogP contribution is -2.15. The van der Waals surface area contributed by atoms with Crippen molar-refractivity contribution >= 4 is 23.2 Å². The van der Waals surface area contributed by atoms with Crippen LogP contribution in [-0.4, -0.2) is 25.0 Å². The van der Waals surface area contributed by atoms with E-state index in [1.165, 1.54) is 0 Å². The molecule has 0 aromatic heterocycles. The highest BCUT2D eigenvalue weighted by atomic mass is 16.5. The number of carbonyl (C=O) groups excluding carboxylic acids is 2. The van der Waals surface area contributed by atoms with Crippen molar-refractivity contribution in [3.63, 3.8) is 0 Å². The van der Waals surface area contributed by atoms with Crippen LogP contribution in [0.1, 0.15) is 46.0 Å². The monoisotopic (exact) mass is 416 g/mol. The minimum absolute atomic E-state index is 0.0324. The Morgan fingerprint density at radius 1 is 0.871 bits per heavy atom. The topological polar surface area (TPSA) is 76.7 Å². The average molecular weight is 416 g/mol. The summed E-state index contributed by atoms with van der Waals surface area (Å²) in [5.41, 5.74) is 3.20. The number of methoxy groups -OCH3 is 1. The molecule has 0 radical (unpaired) electrons. The summed E-state index contributed by atoms with van der Waals surface area (Å²) in [6.07, 6.45) is 0.0324. The highest BCUT2D eigenvalue weighted by Gasteiger charge is 2.31. The number of ether oxygens (including phenoxy) is 2. The first-order valence-corrected chi connectivity index (χ1v) is 10.1. The zero-order valence-corrected chi connectivity index (χ0v) is 17.6. The van der Waals surface area contributed by atoms with E-state index in [1.807, 2.05) is 31.2 Å². The third-order valence-corrected chi connectivity index (χ3v) is 5.55. The Balaban J connectivity index is 1.46. The average Bonchev–Trinajstić information content (AvgIpc) is 3.08. The van der Waals surface area contributed by atoms with Crippen molar-refractivity contribution in [3.8, 4) is 11.5 Å². The molecule has 0 bridgehead atoms. The molecule has 2 atom stereocenters. The number of hydrogen-bond acceptors (Lipinski definition) is 4. The first-order valence-electron chi connectivity index (χ1n) is 10.1. The largest absolute Gasteiger partial charge is 0.495 e. The molecule has 158 valence electrons. The highest BCUT2D eigenvalue weighted by Crippen LogP contribution is 2.40. The SMILES string of the molecule is COc1ccccc1NC(=O)c1ccc(NC(=O)c2cccc3c2OC(C)C3C)cc1. The molecule has 0 fully saturated rings. The Morgan fingerprint density at radius 3 is 2.35 bits per heavy atom. The van der Waals surface area contributed by atoms with Crippen molar-refractivity contribution in [1.82, 2.24) is 0 Å². The van der Waals surface area contributed by atoms with Crippen molar-refractivity contribution in [1.29, 1.82) is 0 Å². The number of nitrogens with one attached hydrogen (secondary N) is 2. The molecular weight excluding hydrogens is 392 g/mol. The lowest BCUT2D eigenvalue weighted by Gasteiger charge is -2.11. The first-order chi connectivity index (χ1) is 15.0. The molecule has 0 saturated heterocycles. The summed E-state index contributed by atoms with van der Waals surface area (Å²) in [5, 5.41) is 5.71. The summed E-state index contributed by atoms with van der Waals surface area (Å²) in [5.74, 6) is 0.960. The second-order valence-electron chi connectivity index (χ2n) is 7.52. The van der Waals surface area contributed by atoms with Crippen LogP contribution in [0.15, 0.2) is 66.7 Å². The van der Waals surface area contributed by atoms with Crippen LogP contribution in [-0.2, 0) is 0 Å². The fourth-order valence-corrected chi connectivity index (χ4v) is 3.61. The standard InChI is InChI=1S/C25H24N2O4/c1-15-16(2)31-23-19(15)7-6-8-20(23)25(29)26-18-13-11-17(12-14-18)24(28)27-21-9-4-5-10-22(21)30-3/h4-16H,1-3H3,(H,26,29)(H,27,28). The molecule has 0 saturated carbocycles. The van der Waals surface area contributed by atoms with Crippen LogP contribution in [0, 0.1) is 0 Å². The molecule has 1 aliphatic heterocycles. The van der Waals surface area contributed by atoms with Crippen LogP contribution in [0.25, 0.3) is 0 Å². The number of anilines is 2. The first kappa shape index (κ1) is 20.5. The van der Waals surface area contributed by atoms with Crippen molar-refractivity contribution in [2.75, 3.05) is 17.7 Å². The van der Waals surface area contributed by atoms with E-state index in [-0.39, 0.29) is 23.8 Å². The molecule has 1 aliphatic rings. The lowest BCUT2D eigenvalue weighted by molar-refractivity contribution is 0.101. The number of carbonyl (C=O) groups is 2. The number of fused-ring (bicyclic) bond motifs is 1. The van der Waals surface area contributed by atoms with E-state index in [9.17, 15) is 9.59 Å². The van der Waals surface area contributed by atoms with Crippen LogP contribution >= 0.6 is 0 Å². The van der Waals surface area contributed by atoms with Gasteiger partial charge in [-0.2, -0.15) is 0 Å². The predicted molar refractivity (Wildman–Crippen MR) is 120 cm³/mol. The van der Waals surface area contributed by atoms with Crippen LogP contribution < -0.4 is 20.1 Å². The Morgan fingerprint density at radius 2 is 1.61 bits per heavy atom. The molecule has 6 heteroatoms. The second-order valence-corrected chi connectivity index (χ2v) is 7.52. The number of para-hydroxylation sites is 3. The minimum Gasteiger partial charge on any atom is -0.495 e. The van der Waals surface area contributed by atoms with Crippen molar-refractivity contribution in [2.45, 2.75) is 25.9 Å². The van der Waals surface area contributed by atoms with Gasteiger partial charge in [-0.05, 0) is 49.4 Å². The van der Waals surface area contributed by atoms with E-state index in [1.54, 1.807) is 49.6 Å². The molecule has 0 aliphatic carbocycles. The van der Waals surface area contributed by atoms with E-state index in [4.69, 9.17) is 9.47 Å². The molecule has 0 spiro atoms. The number of amides is 2. The predicted octanol–water partition coefficient (Wildman–Crippen LogP) is 5.08. The third-order valence-electron chi connectivity index (χ3n) is 5.55. The summed E-state index contributed by atoms with van der Waals surface area (Å²) < 4.78 is 11.2. The van der Waals surface area contributed by atoms with Crippen LogP contribution in [0.5, 0.6) is 11.5 Å². The number of rotatable bonds is 5. The van der Waals surface area contributed by atoms with Crippen molar-refractivity contribution in [3.05, 3.63) is 83.4 Å². The second kappa shape index (κ2) is 8.52. The van der Waals surface area contributed by atoms with Gasteiger partial charge in [0.05, 0.1) is 18.4 Å². The van der Waals surface area contributed by atoms with Crippen molar-refractivity contribution < 1.29 is 19.1 Å². The zero-order valence-electron chi connectivity index (χ0n) is 17.6. The Labute approximate surface area is 181 Å². The third kappa shape index (κ3) is 4.10. The lowest BCUT2D eigenvalue weighted by atomic mass is 9.97. The maximum atomic E-state index is 12.8. The molecule has 2 N–H and O–H groups in total. The quantitative estimate of drug-likeness (QED) is 0.608. The van der Waals surface area contributed by atoms with E-state index in [0.29, 0.717) is 34.0 Å². The molecule has 3 aromatic rings. The summed E-state index contributed by atoms with van der Waals surface area (Å²) in [7, 11) is 1.55.